The molecule has 2 aromatic heterocycles. The third kappa shape index (κ3) is 1.98. The van der Waals surface area contributed by atoms with Gasteiger partial charge in [0.25, 0.3) is 11.3 Å². The van der Waals surface area contributed by atoms with Crippen LogP contribution in [0.5, 0.6) is 0 Å². The number of Topliss-reactive ketones (excluding diaryl/α,β-unsaturated/α-hetero) is 1. The van der Waals surface area contributed by atoms with Gasteiger partial charge in [-0.05, 0) is 0 Å². The van der Waals surface area contributed by atoms with Crippen LogP contribution in [0.1, 0.15) is 22.1 Å². The van der Waals surface area contributed by atoms with Crippen LogP contribution in [0.4, 0.5) is 5.95 Å². The van der Waals surface area contributed by atoms with E-state index in [1.165, 1.54) is 16.7 Å². The molecule has 6 atom stereocenters. The van der Waals surface area contributed by atoms with Crippen molar-refractivity contribution in [2.24, 2.45) is 0 Å². The summed E-state index contributed by atoms with van der Waals surface area (Å²) < 4.78 is 7.33. The van der Waals surface area contributed by atoms with E-state index in [-0.39, 0.29) is 28.2 Å². The molecular weight excluding hydrogens is 426 g/mol. The van der Waals surface area contributed by atoms with Crippen LogP contribution < -0.4 is 10.9 Å². The Bertz CT molecular complexity index is 1370. The van der Waals surface area contributed by atoms with Crippen LogP contribution in [0.3, 0.4) is 0 Å². The molecule has 0 unspecified atom stereocenters. The van der Waals surface area contributed by atoms with Gasteiger partial charge in [0.05, 0.1) is 12.9 Å². The topological polar surface area (TPSA) is 192 Å². The molecule has 166 valence electrons. The van der Waals surface area contributed by atoms with Gasteiger partial charge in [-0.25, -0.2) is 9.55 Å². The van der Waals surface area contributed by atoms with Crippen molar-refractivity contribution in [3.63, 3.8) is 0 Å². The number of ether oxygens (including phenoxy) is 1. The molecule has 1 saturated heterocycles. The molecule has 3 aliphatic rings. The van der Waals surface area contributed by atoms with Gasteiger partial charge in [-0.3, -0.25) is 14.2 Å². The minimum absolute atomic E-state index is 0.0553. The van der Waals surface area contributed by atoms with E-state index in [0.717, 1.165) is 6.33 Å². The summed E-state index contributed by atoms with van der Waals surface area (Å²) in [5.41, 5.74) is -6.16. The summed E-state index contributed by atoms with van der Waals surface area (Å²) in [6.07, 6.45) is -3.95. The van der Waals surface area contributed by atoms with E-state index >= 15 is 0 Å². The highest BCUT2D eigenvalue weighted by Crippen LogP contribution is 2.51. The van der Waals surface area contributed by atoms with Crippen molar-refractivity contribution in [1.82, 2.24) is 19.1 Å². The number of nitrogens with one attached hydrogen (secondary N) is 1. The van der Waals surface area contributed by atoms with Gasteiger partial charge in [0.1, 0.15) is 18.3 Å². The lowest BCUT2D eigenvalue weighted by molar-refractivity contribution is -0.139. The molecule has 4 heterocycles. The highest BCUT2D eigenvalue weighted by molar-refractivity contribution is 6.08. The van der Waals surface area contributed by atoms with Crippen molar-refractivity contribution in [1.29, 1.82) is 0 Å². The van der Waals surface area contributed by atoms with E-state index in [2.05, 4.69) is 15.3 Å². The molecule has 0 bridgehead atoms. The third-order valence-corrected chi connectivity index (χ3v) is 6.39. The molecule has 1 fully saturated rings. The lowest BCUT2D eigenvalue weighted by Crippen LogP contribution is -2.54. The Balaban J connectivity index is 1.55. The van der Waals surface area contributed by atoms with E-state index in [1.54, 1.807) is 12.1 Å². The fourth-order valence-electron chi connectivity index (χ4n) is 4.76. The van der Waals surface area contributed by atoms with Crippen molar-refractivity contribution < 1.29 is 35.1 Å². The number of nitrogens with zero attached hydrogens (tertiary/aromatic N) is 4. The second-order valence-corrected chi connectivity index (χ2v) is 8.01. The molecule has 6 N–H and O–H groups in total. The van der Waals surface area contributed by atoms with Gasteiger partial charge < -0.3 is 35.6 Å². The monoisotopic (exact) mass is 443 g/mol. The lowest BCUT2D eigenvalue weighted by atomic mass is 10.0. The summed E-state index contributed by atoms with van der Waals surface area (Å²) >= 11 is 0. The van der Waals surface area contributed by atoms with Crippen molar-refractivity contribution in [3.8, 4) is 0 Å². The first-order valence-electron chi connectivity index (χ1n) is 9.73. The highest BCUT2D eigenvalue weighted by atomic mass is 16.6. The van der Waals surface area contributed by atoms with Crippen molar-refractivity contribution in [2.45, 2.75) is 36.0 Å². The normalized spacial score (nSPS) is 35.1. The Morgan fingerprint density at radius 2 is 1.91 bits per heavy atom. The number of rotatable bonds is 2. The van der Waals surface area contributed by atoms with Gasteiger partial charge in [-0.2, -0.15) is 4.98 Å². The second kappa shape index (κ2) is 5.98. The van der Waals surface area contributed by atoms with E-state index in [9.17, 15) is 35.1 Å². The first kappa shape index (κ1) is 19.5. The number of hydrogen-bond donors (Lipinski definition) is 6. The first-order valence-corrected chi connectivity index (χ1v) is 9.73. The number of carbonyl (C=O) groups excluding carboxylic acids is 1. The van der Waals surface area contributed by atoms with Crippen LogP contribution >= 0.6 is 0 Å². The largest absolute Gasteiger partial charge is 0.394 e. The quantitative estimate of drug-likeness (QED) is 0.242. The van der Waals surface area contributed by atoms with Crippen LogP contribution in [-0.2, 0) is 16.2 Å². The highest BCUT2D eigenvalue weighted by Gasteiger charge is 2.69. The number of aliphatic hydroxyl groups excluding tert-OH is 3. The number of aliphatic hydroxyl groups is 5. The number of aromatic nitrogens is 4. The van der Waals surface area contributed by atoms with E-state index < -0.39 is 53.9 Å². The van der Waals surface area contributed by atoms with Gasteiger partial charge in [-0.1, -0.05) is 24.3 Å². The smallest absolute Gasteiger partial charge is 0.286 e. The van der Waals surface area contributed by atoms with Crippen LogP contribution in [0.2, 0.25) is 0 Å². The maximum absolute atomic E-state index is 13.3. The number of ketones is 1. The molecule has 3 aromatic rings. The van der Waals surface area contributed by atoms with Gasteiger partial charge in [-0.15, -0.1) is 0 Å². The molecule has 32 heavy (non-hydrogen) atoms. The Hall–Kier alpha value is -3.20. The van der Waals surface area contributed by atoms with Gasteiger partial charge in [0, 0.05) is 11.1 Å². The average Bonchev–Trinajstić information content (AvgIpc) is 3.44. The predicted octanol–water partition coefficient (Wildman–Crippen LogP) is -2.68. The number of benzene rings is 1. The SMILES string of the molecule is O=C1c2ccccc2[C@@]2(O)Nc3nc4c(ncn4[C@H]4O[C@@H](CO)[C@@H](O)[C@H]4O)c(=O)n3[C@@]12O. The Morgan fingerprint density at radius 1 is 1.16 bits per heavy atom. The van der Waals surface area contributed by atoms with E-state index in [0.29, 0.717) is 4.57 Å². The molecule has 6 rings (SSSR count). The molecule has 0 amide bonds. The number of carbonyl (C=O) groups is 1. The van der Waals surface area contributed by atoms with Crippen LogP contribution in [-0.4, -0.2) is 75.3 Å². The zero-order valence-electron chi connectivity index (χ0n) is 16.2. The lowest BCUT2D eigenvalue weighted by Gasteiger charge is -2.29. The van der Waals surface area contributed by atoms with Gasteiger partial charge in [0.15, 0.2) is 17.4 Å². The summed E-state index contributed by atoms with van der Waals surface area (Å²) in [6, 6.07) is 6.02. The van der Waals surface area contributed by atoms with Crippen LogP contribution in [0.15, 0.2) is 35.4 Å². The molecular formula is C19H17N5O8. The number of imidazole rings is 1. The fourth-order valence-corrected chi connectivity index (χ4v) is 4.76. The van der Waals surface area contributed by atoms with Crippen LogP contribution in [0, 0.1) is 0 Å². The van der Waals surface area contributed by atoms with E-state index in [1.807, 2.05) is 0 Å². The predicted molar refractivity (Wildman–Crippen MR) is 103 cm³/mol. The van der Waals surface area contributed by atoms with Crippen molar-refractivity contribution in [2.75, 3.05) is 11.9 Å². The van der Waals surface area contributed by atoms with Crippen molar-refractivity contribution >= 4 is 22.9 Å². The molecule has 13 heteroatoms. The zero-order chi connectivity index (χ0) is 22.6. The fraction of sp³-hybridized carbons (Fsp3) is 0.368. The standard InChI is InChI=1S/C19H17N5O8/c25-5-9-11(26)12(27)16(32-9)23-6-20-10-14(23)21-17-22-18(30)8-4-2-1-3-7(8)13(28)19(18,31)24(17)15(10)29/h1-4,6,9,11-12,16,25-27,30-31H,5H2,(H,21,22)/t9-,11+,12+,16-,18-,19+/m0/s1. The summed E-state index contributed by atoms with van der Waals surface area (Å²) in [7, 11) is 0. The molecule has 1 aliphatic carbocycles. The second-order valence-electron chi connectivity index (χ2n) is 8.01. The van der Waals surface area contributed by atoms with Gasteiger partial charge >= 0.3 is 0 Å². The maximum atomic E-state index is 13.3. The van der Waals surface area contributed by atoms with Gasteiger partial charge in [0.2, 0.25) is 17.5 Å². The molecule has 0 spiro atoms. The summed E-state index contributed by atoms with van der Waals surface area (Å²) in [5, 5.41) is 54.9. The number of hydrogen-bond acceptors (Lipinski definition) is 11. The number of fused-ring (bicyclic) bond motifs is 6. The number of anilines is 1. The third-order valence-electron chi connectivity index (χ3n) is 6.39. The zero-order valence-corrected chi connectivity index (χ0v) is 16.2. The summed E-state index contributed by atoms with van der Waals surface area (Å²) in [6.45, 7) is -0.546. The van der Waals surface area contributed by atoms with Crippen LogP contribution in [0.25, 0.3) is 11.2 Å². The molecule has 0 saturated carbocycles. The molecule has 13 nitrogen and oxygen atoms in total. The van der Waals surface area contributed by atoms with E-state index in [4.69, 9.17) is 4.74 Å². The molecule has 2 aliphatic heterocycles. The Morgan fingerprint density at radius 3 is 2.62 bits per heavy atom. The van der Waals surface area contributed by atoms with Crippen molar-refractivity contribution in [3.05, 3.63) is 52.1 Å². The minimum Gasteiger partial charge on any atom is -0.394 e. The minimum atomic E-state index is -2.68. The maximum Gasteiger partial charge on any atom is 0.286 e. The Kier molecular flexibility index (Phi) is 3.64. The summed E-state index contributed by atoms with van der Waals surface area (Å²) in [4.78, 5) is 34.6. The molecule has 0 radical (unpaired) electrons. The Labute approximate surface area is 177 Å². The summed E-state index contributed by atoms with van der Waals surface area (Å²) in [5.74, 6) is -1.18. The first-order chi connectivity index (χ1) is 15.2. The average molecular weight is 443 g/mol. The molecule has 1 aromatic carbocycles.